The van der Waals surface area contributed by atoms with Crippen LogP contribution in [-0.4, -0.2) is 64.4 Å². The molecule has 0 bridgehead atoms. The lowest BCUT2D eigenvalue weighted by Gasteiger charge is -2.37. The number of para-hydroxylation sites is 2. The molecule has 1 aromatic carbocycles. The fraction of sp³-hybridized carbons (Fsp3) is 0.400. The number of pyridine rings is 1. The Morgan fingerprint density at radius 2 is 1.85 bits per heavy atom. The Bertz CT molecular complexity index is 760. The van der Waals surface area contributed by atoms with E-state index in [1.165, 1.54) is 0 Å². The van der Waals surface area contributed by atoms with E-state index in [9.17, 15) is 4.79 Å². The van der Waals surface area contributed by atoms with E-state index in [0.717, 1.165) is 43.3 Å². The summed E-state index contributed by atoms with van der Waals surface area (Å²) in [5.41, 5.74) is 2.65. The number of hydrogen-bond acceptors (Lipinski definition) is 6. The van der Waals surface area contributed by atoms with Crippen LogP contribution in [0.15, 0.2) is 42.7 Å². The van der Waals surface area contributed by atoms with Crippen molar-refractivity contribution < 1.29 is 14.3 Å². The molecule has 7 nitrogen and oxygen atoms in total. The average Bonchev–Trinajstić information content (AvgIpc) is 2.74. The fourth-order valence-electron chi connectivity index (χ4n) is 3.19. The SMILES string of the molecule is COCCNC(=O)c1cncc(N2CCN(c3ccccc3OC)CC2)c1. The first-order valence-corrected chi connectivity index (χ1v) is 9.08. The highest BCUT2D eigenvalue weighted by Gasteiger charge is 2.20. The highest BCUT2D eigenvalue weighted by Crippen LogP contribution is 2.29. The van der Waals surface area contributed by atoms with Crippen LogP contribution in [0.2, 0.25) is 0 Å². The first-order chi connectivity index (χ1) is 13.2. The van der Waals surface area contributed by atoms with Gasteiger partial charge in [0.1, 0.15) is 5.75 Å². The zero-order valence-electron chi connectivity index (χ0n) is 15.9. The molecule has 0 radical (unpaired) electrons. The summed E-state index contributed by atoms with van der Waals surface area (Å²) in [6, 6.07) is 9.97. The average molecular weight is 370 g/mol. The molecule has 1 saturated heterocycles. The number of methoxy groups -OCH3 is 2. The Balaban J connectivity index is 1.62. The van der Waals surface area contributed by atoms with Gasteiger partial charge in [0, 0.05) is 46.0 Å². The van der Waals surface area contributed by atoms with Crippen LogP contribution in [0.4, 0.5) is 11.4 Å². The van der Waals surface area contributed by atoms with Gasteiger partial charge >= 0.3 is 0 Å². The summed E-state index contributed by atoms with van der Waals surface area (Å²) in [6.07, 6.45) is 3.40. The standard InChI is InChI=1S/C20H26N4O3/c1-26-12-7-22-20(25)16-13-17(15-21-14-16)23-8-10-24(11-9-23)18-5-3-4-6-19(18)27-2/h3-6,13-15H,7-12H2,1-2H3,(H,22,25). The topological polar surface area (TPSA) is 66.9 Å². The third kappa shape index (κ3) is 4.68. The summed E-state index contributed by atoms with van der Waals surface area (Å²) in [6.45, 7) is 4.44. The van der Waals surface area contributed by atoms with Gasteiger partial charge in [-0.15, -0.1) is 0 Å². The predicted octanol–water partition coefficient (Wildman–Crippen LogP) is 1.79. The van der Waals surface area contributed by atoms with Crippen LogP contribution in [0.5, 0.6) is 5.75 Å². The zero-order valence-corrected chi connectivity index (χ0v) is 15.9. The normalized spacial score (nSPS) is 14.1. The maximum absolute atomic E-state index is 12.2. The molecule has 0 spiro atoms. The molecule has 3 rings (SSSR count). The van der Waals surface area contributed by atoms with Crippen molar-refractivity contribution in [3.05, 3.63) is 48.3 Å². The van der Waals surface area contributed by atoms with Crippen molar-refractivity contribution in [1.29, 1.82) is 0 Å². The number of amides is 1. The molecule has 7 heteroatoms. The fourth-order valence-corrected chi connectivity index (χ4v) is 3.19. The van der Waals surface area contributed by atoms with Crippen molar-refractivity contribution in [2.75, 3.05) is 63.4 Å². The van der Waals surface area contributed by atoms with Crippen molar-refractivity contribution >= 4 is 17.3 Å². The number of benzene rings is 1. The molecule has 2 heterocycles. The third-order valence-electron chi connectivity index (χ3n) is 4.65. The quantitative estimate of drug-likeness (QED) is 0.750. The lowest BCUT2D eigenvalue weighted by atomic mass is 10.2. The summed E-state index contributed by atoms with van der Waals surface area (Å²) < 4.78 is 10.4. The first-order valence-electron chi connectivity index (χ1n) is 9.08. The molecule has 1 amide bonds. The van der Waals surface area contributed by atoms with Gasteiger partial charge in [-0.3, -0.25) is 9.78 Å². The molecular formula is C20H26N4O3. The van der Waals surface area contributed by atoms with E-state index in [1.807, 2.05) is 30.5 Å². The van der Waals surface area contributed by atoms with Gasteiger partial charge in [-0.05, 0) is 18.2 Å². The molecule has 1 aliphatic rings. The monoisotopic (exact) mass is 370 g/mol. The Labute approximate surface area is 159 Å². The second kappa shape index (κ2) is 9.23. The lowest BCUT2D eigenvalue weighted by molar-refractivity contribution is 0.0936. The van der Waals surface area contributed by atoms with E-state index < -0.39 is 0 Å². The number of ether oxygens (including phenoxy) is 2. The van der Waals surface area contributed by atoms with Crippen LogP contribution in [-0.2, 0) is 4.74 Å². The van der Waals surface area contributed by atoms with E-state index in [0.29, 0.717) is 18.7 Å². The van der Waals surface area contributed by atoms with Crippen molar-refractivity contribution in [1.82, 2.24) is 10.3 Å². The Morgan fingerprint density at radius 3 is 2.59 bits per heavy atom. The van der Waals surface area contributed by atoms with E-state index >= 15 is 0 Å². The number of nitrogens with one attached hydrogen (secondary N) is 1. The van der Waals surface area contributed by atoms with E-state index in [2.05, 4.69) is 26.2 Å². The largest absolute Gasteiger partial charge is 0.495 e. The summed E-state index contributed by atoms with van der Waals surface area (Å²) >= 11 is 0. The maximum atomic E-state index is 12.2. The number of carbonyl (C=O) groups is 1. The van der Waals surface area contributed by atoms with Crippen LogP contribution in [0.25, 0.3) is 0 Å². The van der Waals surface area contributed by atoms with Gasteiger partial charge < -0.3 is 24.6 Å². The maximum Gasteiger partial charge on any atom is 0.253 e. The van der Waals surface area contributed by atoms with Gasteiger partial charge in [0.05, 0.1) is 36.9 Å². The van der Waals surface area contributed by atoms with Crippen LogP contribution < -0.4 is 19.9 Å². The molecule has 0 unspecified atom stereocenters. The summed E-state index contributed by atoms with van der Waals surface area (Å²) in [5, 5.41) is 2.83. The van der Waals surface area contributed by atoms with Crippen molar-refractivity contribution in [2.45, 2.75) is 0 Å². The lowest BCUT2D eigenvalue weighted by Crippen LogP contribution is -2.46. The van der Waals surface area contributed by atoms with E-state index in [4.69, 9.17) is 9.47 Å². The smallest absolute Gasteiger partial charge is 0.253 e. The molecule has 144 valence electrons. The van der Waals surface area contributed by atoms with Crippen LogP contribution in [0.1, 0.15) is 10.4 Å². The Hall–Kier alpha value is -2.80. The van der Waals surface area contributed by atoms with Gasteiger partial charge in [-0.2, -0.15) is 0 Å². The molecule has 2 aromatic rings. The molecule has 27 heavy (non-hydrogen) atoms. The number of rotatable bonds is 7. The van der Waals surface area contributed by atoms with Gasteiger partial charge in [0.2, 0.25) is 0 Å². The van der Waals surface area contributed by atoms with Crippen LogP contribution in [0.3, 0.4) is 0 Å². The minimum Gasteiger partial charge on any atom is -0.495 e. The van der Waals surface area contributed by atoms with Gasteiger partial charge in [0.25, 0.3) is 5.91 Å². The van der Waals surface area contributed by atoms with Gasteiger partial charge in [-0.1, -0.05) is 12.1 Å². The molecule has 0 atom stereocenters. The highest BCUT2D eigenvalue weighted by molar-refractivity contribution is 5.94. The van der Waals surface area contributed by atoms with Crippen molar-refractivity contribution in [3.63, 3.8) is 0 Å². The highest BCUT2D eigenvalue weighted by atomic mass is 16.5. The third-order valence-corrected chi connectivity index (χ3v) is 4.65. The van der Waals surface area contributed by atoms with Crippen LogP contribution >= 0.6 is 0 Å². The molecule has 1 fully saturated rings. The second-order valence-corrected chi connectivity index (χ2v) is 6.33. The summed E-state index contributed by atoms with van der Waals surface area (Å²) in [4.78, 5) is 21.0. The summed E-state index contributed by atoms with van der Waals surface area (Å²) in [5.74, 6) is 0.761. The molecule has 1 N–H and O–H groups in total. The second-order valence-electron chi connectivity index (χ2n) is 6.33. The number of piperazine rings is 1. The number of carbonyl (C=O) groups excluding carboxylic acids is 1. The molecule has 1 aliphatic heterocycles. The van der Waals surface area contributed by atoms with Gasteiger partial charge in [0.15, 0.2) is 0 Å². The number of aromatic nitrogens is 1. The zero-order chi connectivity index (χ0) is 19.1. The first kappa shape index (κ1) is 19.0. The van der Waals surface area contributed by atoms with Crippen molar-refractivity contribution in [3.8, 4) is 5.75 Å². The minimum absolute atomic E-state index is 0.131. The van der Waals surface area contributed by atoms with E-state index in [1.54, 1.807) is 20.4 Å². The summed E-state index contributed by atoms with van der Waals surface area (Å²) in [7, 11) is 3.31. The molecule has 0 aliphatic carbocycles. The van der Waals surface area contributed by atoms with Crippen molar-refractivity contribution in [2.24, 2.45) is 0 Å². The number of anilines is 2. The molecule has 1 aromatic heterocycles. The predicted molar refractivity (Wildman–Crippen MR) is 106 cm³/mol. The molecule has 0 saturated carbocycles. The Kier molecular flexibility index (Phi) is 6.49. The number of hydrogen-bond donors (Lipinski definition) is 1. The van der Waals surface area contributed by atoms with Crippen LogP contribution in [0, 0.1) is 0 Å². The van der Waals surface area contributed by atoms with Gasteiger partial charge in [-0.25, -0.2) is 0 Å². The number of nitrogens with zero attached hydrogens (tertiary/aromatic N) is 3. The Morgan fingerprint density at radius 1 is 1.11 bits per heavy atom. The minimum atomic E-state index is -0.131. The van der Waals surface area contributed by atoms with E-state index in [-0.39, 0.29) is 5.91 Å². The molecular weight excluding hydrogens is 344 g/mol.